The zero-order chi connectivity index (χ0) is 22.5. The first-order valence-corrected chi connectivity index (χ1v) is 11.7. The van der Waals surface area contributed by atoms with Crippen LogP contribution in [0.25, 0.3) is 17.0 Å². The van der Waals surface area contributed by atoms with Crippen LogP contribution in [0, 0.1) is 5.82 Å². The first-order chi connectivity index (χ1) is 15.7. The standard InChI is InChI=1S/C21H26FN7O.C2H6/c1-30-17-9-18-24-12-16(29(18)28-19(17)13-5-2-3-6-13)20-15(22)11-25-21(27-20)26-14-7-4-8-23-10-14;1-2/h9,11-14,23H,2-8,10H2,1H3,(H,25,26,27);1-2H3. The molecule has 1 atom stereocenters. The van der Waals surface area contributed by atoms with Gasteiger partial charge in [0.05, 0.1) is 19.5 Å². The summed E-state index contributed by atoms with van der Waals surface area (Å²) >= 11 is 0. The van der Waals surface area contributed by atoms with Crippen LogP contribution in [0.1, 0.15) is 64.0 Å². The van der Waals surface area contributed by atoms with Gasteiger partial charge < -0.3 is 15.4 Å². The van der Waals surface area contributed by atoms with Crippen LogP contribution < -0.4 is 15.4 Å². The molecule has 2 fully saturated rings. The molecule has 3 aromatic heterocycles. The van der Waals surface area contributed by atoms with Crippen molar-refractivity contribution in [2.75, 3.05) is 25.5 Å². The molecule has 0 amide bonds. The van der Waals surface area contributed by atoms with Gasteiger partial charge in [-0.1, -0.05) is 26.7 Å². The number of fused-ring (bicyclic) bond motifs is 1. The fourth-order valence-electron chi connectivity index (χ4n) is 4.49. The van der Waals surface area contributed by atoms with Crippen molar-refractivity contribution < 1.29 is 9.13 Å². The van der Waals surface area contributed by atoms with Crippen LogP contribution in [0.4, 0.5) is 10.3 Å². The van der Waals surface area contributed by atoms with Crippen molar-refractivity contribution in [2.24, 2.45) is 0 Å². The fourth-order valence-corrected chi connectivity index (χ4v) is 4.49. The number of piperidine rings is 1. The lowest BCUT2D eigenvalue weighted by molar-refractivity contribution is 0.399. The first-order valence-electron chi connectivity index (χ1n) is 11.7. The van der Waals surface area contributed by atoms with E-state index in [4.69, 9.17) is 9.84 Å². The third kappa shape index (κ3) is 4.53. The smallest absolute Gasteiger partial charge is 0.223 e. The van der Waals surface area contributed by atoms with Crippen molar-refractivity contribution in [3.8, 4) is 17.1 Å². The molecule has 9 heteroatoms. The van der Waals surface area contributed by atoms with Crippen LogP contribution in [-0.4, -0.2) is 50.8 Å². The topological polar surface area (TPSA) is 89.3 Å². The van der Waals surface area contributed by atoms with E-state index in [1.165, 1.54) is 19.0 Å². The second kappa shape index (κ2) is 10.2. The molecule has 1 saturated carbocycles. The minimum Gasteiger partial charge on any atom is -0.495 e. The highest BCUT2D eigenvalue weighted by Gasteiger charge is 2.25. The Morgan fingerprint density at radius 1 is 1.12 bits per heavy atom. The summed E-state index contributed by atoms with van der Waals surface area (Å²) in [5, 5.41) is 11.5. The summed E-state index contributed by atoms with van der Waals surface area (Å²) < 4.78 is 22.0. The molecule has 0 spiro atoms. The number of halogens is 1. The number of rotatable bonds is 5. The summed E-state index contributed by atoms with van der Waals surface area (Å²) in [6.07, 6.45) is 9.50. The normalized spacial score (nSPS) is 18.9. The molecule has 2 N–H and O–H groups in total. The van der Waals surface area contributed by atoms with E-state index in [-0.39, 0.29) is 11.7 Å². The highest BCUT2D eigenvalue weighted by atomic mass is 19.1. The second-order valence-electron chi connectivity index (χ2n) is 8.07. The molecule has 1 unspecified atom stereocenters. The Balaban J connectivity index is 0.00000119. The van der Waals surface area contributed by atoms with Gasteiger partial charge in [-0.15, -0.1) is 0 Å². The molecule has 2 aliphatic rings. The van der Waals surface area contributed by atoms with E-state index >= 15 is 0 Å². The van der Waals surface area contributed by atoms with E-state index in [1.54, 1.807) is 17.8 Å². The third-order valence-electron chi connectivity index (χ3n) is 6.06. The Morgan fingerprint density at radius 3 is 2.66 bits per heavy atom. The lowest BCUT2D eigenvalue weighted by atomic mass is 10.0. The van der Waals surface area contributed by atoms with E-state index in [2.05, 4.69) is 25.6 Å². The van der Waals surface area contributed by atoms with Gasteiger partial charge in [0.25, 0.3) is 0 Å². The van der Waals surface area contributed by atoms with Gasteiger partial charge in [0, 0.05) is 24.6 Å². The molecule has 3 aromatic rings. The summed E-state index contributed by atoms with van der Waals surface area (Å²) in [6.45, 7) is 5.87. The van der Waals surface area contributed by atoms with E-state index in [0.29, 0.717) is 23.2 Å². The minimum atomic E-state index is -0.496. The number of anilines is 1. The molecule has 1 saturated heterocycles. The van der Waals surface area contributed by atoms with Crippen LogP contribution >= 0.6 is 0 Å². The maximum Gasteiger partial charge on any atom is 0.223 e. The minimum absolute atomic E-state index is 0.193. The van der Waals surface area contributed by atoms with Crippen molar-refractivity contribution in [1.29, 1.82) is 0 Å². The third-order valence-corrected chi connectivity index (χ3v) is 6.06. The average Bonchev–Trinajstić information content (AvgIpc) is 3.51. The molecule has 1 aliphatic heterocycles. The highest BCUT2D eigenvalue weighted by molar-refractivity contribution is 5.62. The summed E-state index contributed by atoms with van der Waals surface area (Å²) in [5.41, 5.74) is 2.21. The first kappa shape index (κ1) is 22.4. The molecule has 0 aromatic carbocycles. The molecule has 1 aliphatic carbocycles. The highest BCUT2D eigenvalue weighted by Crippen LogP contribution is 2.38. The largest absolute Gasteiger partial charge is 0.495 e. The number of aromatic nitrogens is 5. The predicted molar refractivity (Wildman–Crippen MR) is 123 cm³/mol. The lowest BCUT2D eigenvalue weighted by Gasteiger charge is -2.23. The van der Waals surface area contributed by atoms with E-state index in [1.807, 2.05) is 19.9 Å². The molecular formula is C23H32FN7O. The quantitative estimate of drug-likeness (QED) is 0.614. The predicted octanol–water partition coefficient (Wildman–Crippen LogP) is 4.18. The zero-order valence-electron chi connectivity index (χ0n) is 19.1. The van der Waals surface area contributed by atoms with Gasteiger partial charge in [0.1, 0.15) is 22.8 Å². The molecular weight excluding hydrogens is 409 g/mol. The summed E-state index contributed by atoms with van der Waals surface area (Å²) in [5.74, 6) is 1.01. The van der Waals surface area contributed by atoms with Crippen molar-refractivity contribution in [3.05, 3.63) is 30.0 Å². The average molecular weight is 442 g/mol. The Morgan fingerprint density at radius 2 is 1.94 bits per heavy atom. The fraction of sp³-hybridized carbons (Fsp3) is 0.565. The van der Waals surface area contributed by atoms with Crippen LogP contribution in [0.5, 0.6) is 5.75 Å². The summed E-state index contributed by atoms with van der Waals surface area (Å²) in [6, 6.07) is 2.10. The van der Waals surface area contributed by atoms with Gasteiger partial charge in [0.2, 0.25) is 5.95 Å². The number of nitrogens with one attached hydrogen (secondary N) is 2. The van der Waals surface area contributed by atoms with Gasteiger partial charge in [-0.3, -0.25) is 0 Å². The number of ether oxygens (including phenoxy) is 1. The number of methoxy groups -OCH3 is 1. The van der Waals surface area contributed by atoms with Gasteiger partial charge in [-0.25, -0.2) is 23.9 Å². The van der Waals surface area contributed by atoms with Gasteiger partial charge >= 0.3 is 0 Å². The maximum absolute atomic E-state index is 14.7. The van der Waals surface area contributed by atoms with E-state index < -0.39 is 5.82 Å². The van der Waals surface area contributed by atoms with Crippen molar-refractivity contribution in [2.45, 2.75) is 64.3 Å². The lowest BCUT2D eigenvalue weighted by Crippen LogP contribution is -2.38. The van der Waals surface area contributed by atoms with Crippen molar-refractivity contribution in [1.82, 2.24) is 29.9 Å². The van der Waals surface area contributed by atoms with Gasteiger partial charge in [0.15, 0.2) is 11.5 Å². The van der Waals surface area contributed by atoms with Crippen LogP contribution in [0.3, 0.4) is 0 Å². The molecule has 0 radical (unpaired) electrons. The van der Waals surface area contributed by atoms with Crippen molar-refractivity contribution >= 4 is 11.6 Å². The van der Waals surface area contributed by atoms with E-state index in [0.717, 1.165) is 50.2 Å². The molecule has 4 heterocycles. The SMILES string of the molecule is CC.COc1cc2ncc(-c3nc(NC4CCCNC4)ncc3F)n2nc1C1CCCC1. The molecule has 5 rings (SSSR count). The monoisotopic (exact) mass is 441 g/mol. The number of hydrogen-bond acceptors (Lipinski definition) is 7. The Bertz CT molecular complexity index is 1040. The molecule has 32 heavy (non-hydrogen) atoms. The summed E-state index contributed by atoms with van der Waals surface area (Å²) in [7, 11) is 1.65. The van der Waals surface area contributed by atoms with Crippen LogP contribution in [0.15, 0.2) is 18.5 Å². The van der Waals surface area contributed by atoms with E-state index in [9.17, 15) is 4.39 Å². The molecule has 0 bridgehead atoms. The summed E-state index contributed by atoms with van der Waals surface area (Å²) in [4.78, 5) is 13.0. The zero-order valence-corrected chi connectivity index (χ0v) is 19.1. The maximum atomic E-state index is 14.7. The van der Waals surface area contributed by atoms with Crippen LogP contribution in [-0.2, 0) is 0 Å². The number of imidazole rings is 1. The van der Waals surface area contributed by atoms with Gasteiger partial charge in [-0.2, -0.15) is 5.10 Å². The Hall–Kier alpha value is -2.81. The Kier molecular flexibility index (Phi) is 7.14. The van der Waals surface area contributed by atoms with Crippen molar-refractivity contribution in [3.63, 3.8) is 0 Å². The molecule has 8 nitrogen and oxygen atoms in total. The Labute approximate surface area is 188 Å². The second-order valence-corrected chi connectivity index (χ2v) is 8.07. The number of nitrogens with zero attached hydrogens (tertiary/aromatic N) is 5. The van der Waals surface area contributed by atoms with Crippen LogP contribution in [0.2, 0.25) is 0 Å². The molecule has 172 valence electrons. The number of hydrogen-bond donors (Lipinski definition) is 2. The van der Waals surface area contributed by atoms with Gasteiger partial charge in [-0.05, 0) is 32.2 Å².